The van der Waals surface area contributed by atoms with E-state index in [9.17, 15) is 23.8 Å². The van der Waals surface area contributed by atoms with Gasteiger partial charge in [-0.25, -0.2) is 13.8 Å². The summed E-state index contributed by atoms with van der Waals surface area (Å²) >= 11 is 5.72. The predicted molar refractivity (Wildman–Crippen MR) is 106 cm³/mol. The number of β-amino-alcohol motifs (C(OH)–C–C–N with tert-alkyl or cyclic N) is 1. The minimum absolute atomic E-state index is 0.0461. The normalized spacial score (nSPS) is 23.7. The van der Waals surface area contributed by atoms with Gasteiger partial charge in [-0.3, -0.25) is 4.79 Å². The summed E-state index contributed by atoms with van der Waals surface area (Å²) in [4.78, 5) is 17.0. The van der Waals surface area contributed by atoms with Crippen molar-refractivity contribution >= 4 is 29.0 Å². The quantitative estimate of drug-likeness (QED) is 0.676. The molecule has 2 aromatic rings. The summed E-state index contributed by atoms with van der Waals surface area (Å²) in [6, 6.07) is 3.75. The number of hydrogen-bond acceptors (Lipinski definition) is 6. The molecule has 0 bridgehead atoms. The number of halogens is 3. The number of rotatable bonds is 4. The summed E-state index contributed by atoms with van der Waals surface area (Å²) in [7, 11) is 0. The van der Waals surface area contributed by atoms with Crippen LogP contribution in [0.5, 0.6) is 5.75 Å². The standard InChI is InChI=1S/C20H20ClF2N3O4/c21-11-7-14(23)19(24-8-11)26-6-5-20(29,16(27)9-26)10-30-15-3-2-13(22)18-12(15)1-4-17(28)25-18/h2-3,7-8,16,27,29H,1,4-6,9-10H2,(H,25,28)/t16-,20-/m1/s1. The molecule has 1 fully saturated rings. The minimum atomic E-state index is -1.58. The van der Waals surface area contributed by atoms with E-state index >= 15 is 0 Å². The number of pyridine rings is 1. The van der Waals surface area contributed by atoms with Gasteiger partial charge in [-0.1, -0.05) is 11.6 Å². The second kappa shape index (κ2) is 7.98. The van der Waals surface area contributed by atoms with Crippen LogP contribution in [0.25, 0.3) is 0 Å². The molecule has 10 heteroatoms. The molecule has 30 heavy (non-hydrogen) atoms. The first-order valence-electron chi connectivity index (χ1n) is 9.47. The number of anilines is 2. The molecule has 1 aromatic carbocycles. The van der Waals surface area contributed by atoms with Crippen LogP contribution in [0.15, 0.2) is 24.4 Å². The SMILES string of the molecule is O=C1CCc2c(OC[C@]3(O)CCN(c4ncc(Cl)cc4F)C[C@H]3O)ccc(F)c2N1. The number of aromatic nitrogens is 1. The molecule has 0 radical (unpaired) electrons. The van der Waals surface area contributed by atoms with Crippen molar-refractivity contribution in [1.82, 2.24) is 4.98 Å². The van der Waals surface area contributed by atoms with Gasteiger partial charge in [0.15, 0.2) is 11.6 Å². The molecule has 7 nitrogen and oxygen atoms in total. The van der Waals surface area contributed by atoms with Gasteiger partial charge in [0.2, 0.25) is 5.91 Å². The first kappa shape index (κ1) is 20.8. The van der Waals surface area contributed by atoms with E-state index in [0.29, 0.717) is 17.7 Å². The molecular formula is C20H20ClF2N3O4. The van der Waals surface area contributed by atoms with Crippen LogP contribution >= 0.6 is 11.6 Å². The number of carbonyl (C=O) groups excluding carboxylic acids is 1. The molecule has 3 N–H and O–H groups in total. The van der Waals surface area contributed by atoms with Gasteiger partial charge >= 0.3 is 0 Å². The van der Waals surface area contributed by atoms with Gasteiger partial charge in [0.05, 0.1) is 10.7 Å². The van der Waals surface area contributed by atoms with E-state index < -0.39 is 23.3 Å². The molecule has 0 unspecified atom stereocenters. The number of nitrogens with zero attached hydrogens (tertiary/aromatic N) is 2. The van der Waals surface area contributed by atoms with Gasteiger partial charge in [-0.2, -0.15) is 0 Å². The Balaban J connectivity index is 1.46. The van der Waals surface area contributed by atoms with Crippen molar-refractivity contribution in [2.45, 2.75) is 31.0 Å². The first-order chi connectivity index (χ1) is 14.3. The lowest BCUT2D eigenvalue weighted by Gasteiger charge is -2.42. The zero-order chi connectivity index (χ0) is 21.5. The molecule has 0 spiro atoms. The predicted octanol–water partition coefficient (Wildman–Crippen LogP) is 2.28. The molecule has 160 valence electrons. The Kier molecular flexibility index (Phi) is 5.52. The molecule has 3 heterocycles. The number of hydrogen-bond donors (Lipinski definition) is 3. The fourth-order valence-electron chi connectivity index (χ4n) is 3.73. The Morgan fingerprint density at radius 3 is 2.87 bits per heavy atom. The van der Waals surface area contributed by atoms with Gasteiger partial charge in [0.25, 0.3) is 0 Å². The van der Waals surface area contributed by atoms with Crippen LogP contribution in [0.4, 0.5) is 20.3 Å². The maximum Gasteiger partial charge on any atom is 0.224 e. The van der Waals surface area contributed by atoms with E-state index in [-0.39, 0.29) is 55.0 Å². The minimum Gasteiger partial charge on any atom is -0.490 e. The third kappa shape index (κ3) is 3.92. The molecular weight excluding hydrogens is 420 g/mol. The van der Waals surface area contributed by atoms with E-state index in [1.807, 2.05) is 0 Å². The van der Waals surface area contributed by atoms with Crippen molar-refractivity contribution in [2.75, 3.05) is 29.9 Å². The summed E-state index contributed by atoms with van der Waals surface area (Å²) in [5, 5.41) is 24.1. The highest BCUT2D eigenvalue weighted by Gasteiger charge is 2.42. The molecule has 2 atom stereocenters. The fourth-order valence-corrected chi connectivity index (χ4v) is 3.87. The highest BCUT2D eigenvalue weighted by molar-refractivity contribution is 6.30. The van der Waals surface area contributed by atoms with Gasteiger partial charge in [0.1, 0.15) is 29.9 Å². The van der Waals surface area contributed by atoms with E-state index in [1.54, 1.807) is 0 Å². The average Bonchev–Trinajstić information content (AvgIpc) is 2.70. The Morgan fingerprint density at radius 2 is 2.13 bits per heavy atom. The Hall–Kier alpha value is -2.49. The Bertz CT molecular complexity index is 993. The summed E-state index contributed by atoms with van der Waals surface area (Å²) in [5.74, 6) is -1.07. The maximum atomic E-state index is 14.1. The smallest absolute Gasteiger partial charge is 0.224 e. The number of carbonyl (C=O) groups is 1. The van der Waals surface area contributed by atoms with Crippen molar-refractivity contribution in [2.24, 2.45) is 0 Å². The zero-order valence-corrected chi connectivity index (χ0v) is 16.6. The highest BCUT2D eigenvalue weighted by Crippen LogP contribution is 2.35. The Labute approximate surface area is 176 Å². The van der Waals surface area contributed by atoms with Crippen LogP contribution in [0.1, 0.15) is 18.4 Å². The van der Waals surface area contributed by atoms with Gasteiger partial charge in [-0.05, 0) is 31.0 Å². The molecule has 1 amide bonds. The van der Waals surface area contributed by atoms with E-state index in [2.05, 4.69) is 10.3 Å². The molecule has 1 aromatic heterocycles. The zero-order valence-electron chi connectivity index (χ0n) is 15.9. The number of aliphatic hydroxyl groups is 2. The van der Waals surface area contributed by atoms with Crippen molar-refractivity contribution < 1.29 is 28.5 Å². The van der Waals surface area contributed by atoms with E-state index in [4.69, 9.17) is 16.3 Å². The summed E-state index contributed by atoms with van der Waals surface area (Å²) < 4.78 is 33.9. The average molecular weight is 440 g/mol. The first-order valence-corrected chi connectivity index (χ1v) is 9.85. The summed E-state index contributed by atoms with van der Waals surface area (Å²) in [5.41, 5.74) is -0.994. The van der Waals surface area contributed by atoms with Gasteiger partial charge in [-0.15, -0.1) is 0 Å². The van der Waals surface area contributed by atoms with E-state index in [0.717, 1.165) is 6.07 Å². The van der Waals surface area contributed by atoms with Crippen LogP contribution in [-0.4, -0.2) is 52.5 Å². The molecule has 0 saturated carbocycles. The summed E-state index contributed by atoms with van der Waals surface area (Å²) in [6.07, 6.45) is 0.683. The lowest BCUT2D eigenvalue weighted by Crippen LogP contribution is -2.58. The lowest BCUT2D eigenvalue weighted by molar-refractivity contribution is -0.116. The van der Waals surface area contributed by atoms with Crippen molar-refractivity contribution in [3.63, 3.8) is 0 Å². The third-order valence-electron chi connectivity index (χ3n) is 5.48. The topological polar surface area (TPSA) is 94.9 Å². The monoisotopic (exact) mass is 439 g/mol. The molecule has 0 aliphatic carbocycles. The maximum absolute atomic E-state index is 14.1. The number of aliphatic hydroxyl groups excluding tert-OH is 1. The largest absolute Gasteiger partial charge is 0.490 e. The fraction of sp³-hybridized carbons (Fsp3) is 0.400. The number of ether oxygens (including phenoxy) is 1. The third-order valence-corrected chi connectivity index (χ3v) is 5.69. The Morgan fingerprint density at radius 1 is 1.33 bits per heavy atom. The number of amides is 1. The second-order valence-electron chi connectivity index (χ2n) is 7.51. The molecule has 1 saturated heterocycles. The number of fused-ring (bicyclic) bond motifs is 1. The van der Waals surface area contributed by atoms with Crippen molar-refractivity contribution in [3.05, 3.63) is 46.6 Å². The van der Waals surface area contributed by atoms with Crippen molar-refractivity contribution in [1.29, 1.82) is 0 Å². The van der Waals surface area contributed by atoms with Crippen LogP contribution < -0.4 is 15.0 Å². The van der Waals surface area contributed by atoms with E-state index in [1.165, 1.54) is 23.2 Å². The highest BCUT2D eigenvalue weighted by atomic mass is 35.5. The molecule has 2 aliphatic rings. The summed E-state index contributed by atoms with van der Waals surface area (Å²) in [6.45, 7) is -0.0619. The number of nitrogens with one attached hydrogen (secondary N) is 1. The van der Waals surface area contributed by atoms with Crippen LogP contribution in [0.3, 0.4) is 0 Å². The van der Waals surface area contributed by atoms with Crippen LogP contribution in [0.2, 0.25) is 5.02 Å². The van der Waals surface area contributed by atoms with Crippen molar-refractivity contribution in [3.8, 4) is 5.75 Å². The number of piperidine rings is 1. The number of benzene rings is 1. The van der Waals surface area contributed by atoms with Crippen LogP contribution in [-0.2, 0) is 11.2 Å². The second-order valence-corrected chi connectivity index (χ2v) is 7.95. The van der Waals surface area contributed by atoms with Gasteiger partial charge < -0.3 is 25.2 Å². The lowest BCUT2D eigenvalue weighted by atomic mass is 9.89. The molecule has 2 aliphatic heterocycles. The van der Waals surface area contributed by atoms with Crippen LogP contribution in [0, 0.1) is 11.6 Å². The van der Waals surface area contributed by atoms with Gasteiger partial charge in [0, 0.05) is 31.3 Å². The molecule has 4 rings (SSSR count).